The lowest BCUT2D eigenvalue weighted by Crippen LogP contribution is -2.46. The fourth-order valence-electron chi connectivity index (χ4n) is 5.96. The molecule has 36 heavy (non-hydrogen) atoms. The van der Waals surface area contributed by atoms with Gasteiger partial charge in [0.2, 0.25) is 0 Å². The molecule has 2 aliphatic rings. The third-order valence-electron chi connectivity index (χ3n) is 7.70. The molecule has 7 nitrogen and oxygen atoms in total. The van der Waals surface area contributed by atoms with Crippen LogP contribution in [0.2, 0.25) is 0 Å². The van der Waals surface area contributed by atoms with Gasteiger partial charge < -0.3 is 0 Å². The number of carbonyl (C=O) groups is 1. The van der Waals surface area contributed by atoms with E-state index >= 15 is 0 Å². The lowest BCUT2D eigenvalue weighted by Gasteiger charge is -2.45. The SMILES string of the molecule is C[C@H]1C(=O)C(C#N)=C[C@@]2(C)c3c(c(-c4ccncn4)nn3-c3ccc(-c4ccccc4)nc3)CC[C@H]12. The van der Waals surface area contributed by atoms with Crippen LogP contribution in [0, 0.1) is 23.2 Å². The van der Waals surface area contributed by atoms with Gasteiger partial charge in [-0.15, -0.1) is 0 Å². The maximum atomic E-state index is 12.9. The highest BCUT2D eigenvalue weighted by Crippen LogP contribution is 2.51. The summed E-state index contributed by atoms with van der Waals surface area (Å²) in [6, 6.07) is 18.1. The van der Waals surface area contributed by atoms with Gasteiger partial charge in [-0.05, 0) is 37.0 Å². The minimum Gasteiger partial charge on any atom is -0.293 e. The van der Waals surface area contributed by atoms with E-state index in [4.69, 9.17) is 10.1 Å². The summed E-state index contributed by atoms with van der Waals surface area (Å²) >= 11 is 0. The number of Topliss-reactive ketones (excluding diaryl/α,β-unsaturated/α-hetero) is 1. The van der Waals surface area contributed by atoms with E-state index in [9.17, 15) is 10.1 Å². The number of ketones is 1. The van der Waals surface area contributed by atoms with E-state index in [1.807, 2.05) is 72.4 Å². The van der Waals surface area contributed by atoms with Gasteiger partial charge >= 0.3 is 0 Å². The molecule has 0 N–H and O–H groups in total. The maximum absolute atomic E-state index is 12.9. The molecule has 0 bridgehead atoms. The summed E-state index contributed by atoms with van der Waals surface area (Å²) in [7, 11) is 0. The summed E-state index contributed by atoms with van der Waals surface area (Å²) in [6.07, 6.45) is 8.55. The fraction of sp³-hybridized carbons (Fsp3) is 0.241. The molecular weight excluding hydrogens is 448 g/mol. The number of hydrogen-bond acceptors (Lipinski definition) is 6. The predicted octanol–water partition coefficient (Wildman–Crippen LogP) is 4.88. The summed E-state index contributed by atoms with van der Waals surface area (Å²) < 4.78 is 1.94. The number of nitriles is 1. The standard InChI is InChI=1S/C29H24N6O/c1-18-23-10-9-22-26(25-12-13-31-17-33-25)34-35(28(22)29(23,2)14-20(15-30)27(18)36)21-8-11-24(32-16-21)19-6-4-3-5-7-19/h3-8,11-14,16-18,23H,9-10H2,1-2H3/t18-,23-,29-/m1/s1. The van der Waals surface area contributed by atoms with Gasteiger partial charge in [0.25, 0.3) is 0 Å². The van der Waals surface area contributed by atoms with E-state index in [2.05, 4.69) is 23.0 Å². The van der Waals surface area contributed by atoms with Crippen LogP contribution in [0.25, 0.3) is 28.3 Å². The number of fused-ring (bicyclic) bond motifs is 3. The minimum atomic E-state index is -0.539. The lowest BCUT2D eigenvalue weighted by atomic mass is 9.58. The van der Waals surface area contributed by atoms with E-state index < -0.39 is 5.41 Å². The average Bonchev–Trinajstić information content (AvgIpc) is 3.33. The van der Waals surface area contributed by atoms with Crippen molar-refractivity contribution < 1.29 is 4.79 Å². The first-order valence-electron chi connectivity index (χ1n) is 12.1. The molecule has 0 amide bonds. The highest BCUT2D eigenvalue weighted by molar-refractivity contribution is 6.02. The van der Waals surface area contributed by atoms with Crippen LogP contribution in [0.5, 0.6) is 0 Å². The van der Waals surface area contributed by atoms with E-state index in [1.54, 1.807) is 6.20 Å². The molecule has 0 saturated carbocycles. The van der Waals surface area contributed by atoms with Crippen molar-refractivity contribution in [3.63, 3.8) is 0 Å². The number of allylic oxidation sites excluding steroid dienone is 2. The molecule has 3 atom stereocenters. The van der Waals surface area contributed by atoms with Crippen LogP contribution in [0.4, 0.5) is 0 Å². The molecule has 0 fully saturated rings. The Morgan fingerprint density at radius 2 is 1.92 bits per heavy atom. The number of nitrogens with zero attached hydrogens (tertiary/aromatic N) is 6. The second-order valence-electron chi connectivity index (χ2n) is 9.70. The molecule has 0 unspecified atom stereocenters. The number of pyridine rings is 1. The molecule has 4 aromatic rings. The van der Waals surface area contributed by atoms with Crippen LogP contribution < -0.4 is 0 Å². The van der Waals surface area contributed by atoms with Gasteiger partial charge in [0, 0.05) is 28.7 Å². The fourth-order valence-corrected chi connectivity index (χ4v) is 5.96. The smallest absolute Gasteiger partial charge is 0.176 e. The van der Waals surface area contributed by atoms with E-state index in [0.29, 0.717) is 0 Å². The van der Waals surface area contributed by atoms with Crippen molar-refractivity contribution in [1.29, 1.82) is 5.26 Å². The van der Waals surface area contributed by atoms with E-state index in [-0.39, 0.29) is 23.2 Å². The Labute approximate surface area is 209 Å². The Kier molecular flexibility index (Phi) is 5.11. The Bertz CT molecular complexity index is 1530. The van der Waals surface area contributed by atoms with Crippen LogP contribution in [0.3, 0.4) is 0 Å². The van der Waals surface area contributed by atoms with Crippen LogP contribution in [0.15, 0.2) is 78.9 Å². The third-order valence-corrected chi connectivity index (χ3v) is 7.70. The zero-order valence-corrected chi connectivity index (χ0v) is 20.1. The maximum Gasteiger partial charge on any atom is 0.176 e. The number of rotatable bonds is 3. The van der Waals surface area contributed by atoms with E-state index in [0.717, 1.165) is 52.4 Å². The van der Waals surface area contributed by atoms with Crippen LogP contribution in [-0.2, 0) is 16.6 Å². The molecule has 1 aromatic carbocycles. The molecule has 3 heterocycles. The molecule has 7 heteroatoms. The van der Waals surface area contributed by atoms with Crippen LogP contribution >= 0.6 is 0 Å². The quantitative estimate of drug-likeness (QED) is 0.422. The number of carbonyl (C=O) groups excluding carboxylic acids is 1. The topological polar surface area (TPSA) is 97.4 Å². The van der Waals surface area contributed by atoms with Gasteiger partial charge in [-0.3, -0.25) is 9.78 Å². The number of hydrogen-bond donors (Lipinski definition) is 0. The Morgan fingerprint density at radius 3 is 2.61 bits per heavy atom. The molecule has 0 spiro atoms. The highest BCUT2D eigenvalue weighted by Gasteiger charge is 2.50. The van der Waals surface area contributed by atoms with E-state index in [1.165, 1.54) is 6.33 Å². The molecule has 6 rings (SSSR count). The molecule has 2 aliphatic carbocycles. The zero-order valence-electron chi connectivity index (χ0n) is 20.1. The van der Waals surface area contributed by atoms with Gasteiger partial charge in [0.1, 0.15) is 18.1 Å². The molecule has 0 aliphatic heterocycles. The summed E-state index contributed by atoms with van der Waals surface area (Å²) in [4.78, 5) is 26.2. The van der Waals surface area contributed by atoms with Crippen molar-refractivity contribution in [3.8, 4) is 34.4 Å². The monoisotopic (exact) mass is 472 g/mol. The van der Waals surface area contributed by atoms with Gasteiger partial charge in [-0.1, -0.05) is 50.3 Å². The highest BCUT2D eigenvalue weighted by atomic mass is 16.1. The Balaban J connectivity index is 1.57. The van der Waals surface area contributed by atoms with Crippen molar-refractivity contribution in [2.75, 3.05) is 0 Å². The first kappa shape index (κ1) is 22.1. The lowest BCUT2D eigenvalue weighted by molar-refractivity contribution is -0.121. The second-order valence-corrected chi connectivity index (χ2v) is 9.70. The van der Waals surface area contributed by atoms with Gasteiger partial charge in [0.15, 0.2) is 5.78 Å². The molecular formula is C29H24N6O. The predicted molar refractivity (Wildman–Crippen MR) is 135 cm³/mol. The summed E-state index contributed by atoms with van der Waals surface area (Å²) in [5, 5.41) is 14.8. The van der Waals surface area contributed by atoms with Crippen molar-refractivity contribution in [2.24, 2.45) is 11.8 Å². The zero-order chi connectivity index (χ0) is 24.9. The van der Waals surface area contributed by atoms with Crippen molar-refractivity contribution in [3.05, 3.63) is 90.2 Å². The van der Waals surface area contributed by atoms with Gasteiger partial charge in [-0.2, -0.15) is 10.4 Å². The minimum absolute atomic E-state index is 0.0693. The Morgan fingerprint density at radius 1 is 1.08 bits per heavy atom. The average molecular weight is 473 g/mol. The second kappa shape index (κ2) is 8.35. The molecule has 0 radical (unpaired) electrons. The normalized spacial score (nSPS) is 22.8. The summed E-state index contributed by atoms with van der Waals surface area (Å²) in [6.45, 7) is 4.08. The number of aromatic nitrogens is 5. The molecule has 0 saturated heterocycles. The van der Waals surface area contributed by atoms with Crippen LogP contribution in [-0.4, -0.2) is 30.5 Å². The van der Waals surface area contributed by atoms with Crippen molar-refractivity contribution >= 4 is 5.78 Å². The first-order chi connectivity index (χ1) is 17.5. The largest absolute Gasteiger partial charge is 0.293 e. The first-order valence-corrected chi connectivity index (χ1v) is 12.1. The van der Waals surface area contributed by atoms with Crippen molar-refractivity contribution in [1.82, 2.24) is 24.7 Å². The molecule has 176 valence electrons. The van der Waals surface area contributed by atoms with Gasteiger partial charge in [0.05, 0.1) is 34.5 Å². The third kappa shape index (κ3) is 3.29. The van der Waals surface area contributed by atoms with Gasteiger partial charge in [-0.25, -0.2) is 14.6 Å². The summed E-state index contributed by atoms with van der Waals surface area (Å²) in [5.74, 6) is -0.244. The summed E-state index contributed by atoms with van der Waals surface area (Å²) in [5.41, 5.74) is 6.07. The van der Waals surface area contributed by atoms with Crippen molar-refractivity contribution in [2.45, 2.75) is 32.1 Å². The number of benzene rings is 1. The van der Waals surface area contributed by atoms with Crippen LogP contribution in [0.1, 0.15) is 31.5 Å². The Hall–Kier alpha value is -4.44. The molecule has 3 aromatic heterocycles.